The summed E-state index contributed by atoms with van der Waals surface area (Å²) in [4.78, 5) is 16.6. The van der Waals surface area contributed by atoms with Crippen LogP contribution in [0.1, 0.15) is 11.1 Å². The number of hydrogen-bond acceptors (Lipinski definition) is 6. The van der Waals surface area contributed by atoms with Gasteiger partial charge in [-0.1, -0.05) is 84.1 Å². The van der Waals surface area contributed by atoms with Crippen molar-refractivity contribution in [3.63, 3.8) is 0 Å². The highest BCUT2D eigenvalue weighted by Gasteiger charge is 2.17. The average Bonchev–Trinajstić information content (AvgIpc) is 3.38. The van der Waals surface area contributed by atoms with Crippen molar-refractivity contribution in [2.24, 2.45) is 5.10 Å². The molecule has 5 aromatic rings. The molecule has 0 bridgehead atoms. The number of nitrogens with one attached hydrogen (secondary N) is 1. The van der Waals surface area contributed by atoms with Crippen molar-refractivity contribution in [3.8, 4) is 28.2 Å². The van der Waals surface area contributed by atoms with Gasteiger partial charge in [-0.05, 0) is 47.9 Å². The number of amides is 1. The predicted octanol–water partition coefficient (Wildman–Crippen LogP) is 5.55. The van der Waals surface area contributed by atoms with E-state index in [1.165, 1.54) is 11.8 Å². The Morgan fingerprint density at radius 1 is 0.865 bits per heavy atom. The van der Waals surface area contributed by atoms with Crippen molar-refractivity contribution < 1.29 is 4.79 Å². The van der Waals surface area contributed by atoms with Crippen LogP contribution in [0, 0.1) is 6.92 Å². The molecule has 37 heavy (non-hydrogen) atoms. The number of hydrazone groups is 1. The van der Waals surface area contributed by atoms with Gasteiger partial charge < -0.3 is 0 Å². The van der Waals surface area contributed by atoms with E-state index in [1.54, 1.807) is 18.6 Å². The summed E-state index contributed by atoms with van der Waals surface area (Å²) < 4.78 is 1.95. The number of carbonyl (C=O) groups excluding carboxylic acids is 1. The molecule has 0 radical (unpaired) electrons. The summed E-state index contributed by atoms with van der Waals surface area (Å²) in [7, 11) is 0. The Kier molecular flexibility index (Phi) is 7.47. The quantitative estimate of drug-likeness (QED) is 0.170. The Bertz CT molecular complexity index is 1500. The molecular formula is C29H24N6OS. The molecule has 1 N–H and O–H groups in total. The molecule has 0 unspecified atom stereocenters. The Balaban J connectivity index is 1.24. The fourth-order valence-electron chi connectivity index (χ4n) is 3.71. The van der Waals surface area contributed by atoms with Crippen molar-refractivity contribution in [2.45, 2.75) is 12.1 Å². The maximum atomic E-state index is 12.5. The van der Waals surface area contributed by atoms with Crippen LogP contribution in [-0.2, 0) is 4.79 Å². The lowest BCUT2D eigenvalue weighted by Gasteiger charge is -2.10. The van der Waals surface area contributed by atoms with Crippen molar-refractivity contribution in [3.05, 3.63) is 115 Å². The summed E-state index contributed by atoms with van der Waals surface area (Å²) >= 11 is 1.30. The lowest BCUT2D eigenvalue weighted by molar-refractivity contribution is -0.118. The van der Waals surface area contributed by atoms with Crippen LogP contribution in [0.2, 0.25) is 0 Å². The van der Waals surface area contributed by atoms with E-state index in [0.29, 0.717) is 11.0 Å². The van der Waals surface area contributed by atoms with Crippen LogP contribution < -0.4 is 5.43 Å². The van der Waals surface area contributed by atoms with Gasteiger partial charge in [0.15, 0.2) is 11.0 Å². The van der Waals surface area contributed by atoms with E-state index < -0.39 is 0 Å². The highest BCUT2D eigenvalue weighted by Crippen LogP contribution is 2.28. The summed E-state index contributed by atoms with van der Waals surface area (Å²) in [6.45, 7) is 2.04. The SMILES string of the molecule is Cc1ccc(-n2c(SCC(=O)N/N=C\c3ccc(-c4ccccc4)cc3)nnc2-c2ccncc2)cc1. The fourth-order valence-corrected chi connectivity index (χ4v) is 4.46. The molecule has 3 aromatic carbocycles. The highest BCUT2D eigenvalue weighted by atomic mass is 32.2. The second-order valence-corrected chi connectivity index (χ2v) is 9.23. The first-order valence-corrected chi connectivity index (χ1v) is 12.7. The third-order valence-corrected chi connectivity index (χ3v) is 6.55. The number of aryl methyl sites for hydroxylation is 1. The lowest BCUT2D eigenvalue weighted by atomic mass is 10.0. The molecule has 0 aliphatic rings. The van der Waals surface area contributed by atoms with Gasteiger partial charge in [0, 0.05) is 23.6 Å². The first kappa shape index (κ1) is 24.1. The molecule has 8 heteroatoms. The molecule has 0 saturated heterocycles. The van der Waals surface area contributed by atoms with Crippen molar-refractivity contribution in [1.29, 1.82) is 0 Å². The Hall–Kier alpha value is -4.56. The summed E-state index contributed by atoms with van der Waals surface area (Å²) in [5.41, 5.74) is 8.74. The van der Waals surface area contributed by atoms with E-state index in [0.717, 1.165) is 33.5 Å². The van der Waals surface area contributed by atoms with Gasteiger partial charge in [-0.3, -0.25) is 14.3 Å². The van der Waals surface area contributed by atoms with Crippen molar-refractivity contribution in [1.82, 2.24) is 25.2 Å². The third-order valence-electron chi connectivity index (χ3n) is 5.62. The maximum absolute atomic E-state index is 12.5. The molecule has 2 heterocycles. The van der Waals surface area contributed by atoms with Crippen LogP contribution in [-0.4, -0.2) is 37.6 Å². The Labute approximate surface area is 219 Å². The van der Waals surface area contributed by atoms with E-state index in [-0.39, 0.29) is 11.7 Å². The number of aromatic nitrogens is 4. The van der Waals surface area contributed by atoms with Gasteiger partial charge in [-0.15, -0.1) is 10.2 Å². The van der Waals surface area contributed by atoms with E-state index in [4.69, 9.17) is 0 Å². The smallest absolute Gasteiger partial charge is 0.250 e. The molecule has 7 nitrogen and oxygen atoms in total. The highest BCUT2D eigenvalue weighted by molar-refractivity contribution is 7.99. The summed E-state index contributed by atoms with van der Waals surface area (Å²) in [6, 6.07) is 30.0. The van der Waals surface area contributed by atoms with E-state index >= 15 is 0 Å². The number of hydrogen-bond donors (Lipinski definition) is 1. The molecule has 5 rings (SSSR count). The molecule has 0 aliphatic heterocycles. The molecule has 0 aliphatic carbocycles. The van der Waals surface area contributed by atoms with Gasteiger partial charge in [-0.25, -0.2) is 5.43 Å². The van der Waals surface area contributed by atoms with Crippen LogP contribution in [0.5, 0.6) is 0 Å². The minimum atomic E-state index is -0.230. The van der Waals surface area contributed by atoms with E-state index in [9.17, 15) is 4.79 Å². The minimum absolute atomic E-state index is 0.143. The molecule has 182 valence electrons. The number of nitrogens with zero attached hydrogens (tertiary/aromatic N) is 5. The van der Waals surface area contributed by atoms with Gasteiger partial charge in [0.05, 0.1) is 12.0 Å². The monoisotopic (exact) mass is 504 g/mol. The topological polar surface area (TPSA) is 85.1 Å². The zero-order valence-corrected chi connectivity index (χ0v) is 21.0. The zero-order valence-electron chi connectivity index (χ0n) is 20.2. The number of carbonyl (C=O) groups is 1. The van der Waals surface area contributed by atoms with Crippen molar-refractivity contribution in [2.75, 3.05) is 5.75 Å². The van der Waals surface area contributed by atoms with Gasteiger partial charge in [-0.2, -0.15) is 5.10 Å². The van der Waals surface area contributed by atoms with Crippen LogP contribution in [0.4, 0.5) is 0 Å². The number of benzene rings is 3. The number of thioether (sulfide) groups is 1. The second-order valence-electron chi connectivity index (χ2n) is 8.28. The Morgan fingerprint density at radius 2 is 1.57 bits per heavy atom. The lowest BCUT2D eigenvalue weighted by Crippen LogP contribution is -2.20. The molecular weight excluding hydrogens is 480 g/mol. The minimum Gasteiger partial charge on any atom is -0.272 e. The zero-order chi connectivity index (χ0) is 25.5. The molecule has 1 amide bonds. The molecule has 0 saturated carbocycles. The van der Waals surface area contributed by atoms with Crippen LogP contribution in [0.15, 0.2) is 114 Å². The number of pyridine rings is 1. The first-order chi connectivity index (χ1) is 18.2. The normalized spacial score (nSPS) is 11.1. The Morgan fingerprint density at radius 3 is 2.30 bits per heavy atom. The van der Waals surface area contributed by atoms with Crippen LogP contribution in [0.3, 0.4) is 0 Å². The van der Waals surface area contributed by atoms with E-state index in [2.05, 4.69) is 37.8 Å². The van der Waals surface area contributed by atoms with Crippen molar-refractivity contribution >= 4 is 23.9 Å². The summed E-state index contributed by atoms with van der Waals surface area (Å²) in [5.74, 6) is 0.599. The molecule has 0 fully saturated rings. The standard InChI is InChI=1S/C29H24N6OS/c1-21-7-13-26(14-8-21)35-28(25-15-17-30-18-16-25)33-34-29(35)37-20-27(36)32-31-19-22-9-11-24(12-10-22)23-5-3-2-4-6-23/h2-19H,20H2,1H3,(H,32,36)/b31-19-. The second kappa shape index (κ2) is 11.5. The predicted molar refractivity (Wildman–Crippen MR) is 148 cm³/mol. The van der Waals surface area contributed by atoms with Crippen LogP contribution in [0.25, 0.3) is 28.2 Å². The average molecular weight is 505 g/mol. The van der Waals surface area contributed by atoms with Gasteiger partial charge >= 0.3 is 0 Å². The summed E-state index contributed by atoms with van der Waals surface area (Å²) in [5, 5.41) is 13.5. The van der Waals surface area contributed by atoms with Gasteiger partial charge in [0.2, 0.25) is 0 Å². The van der Waals surface area contributed by atoms with Gasteiger partial charge in [0.1, 0.15) is 0 Å². The van der Waals surface area contributed by atoms with Crippen LogP contribution >= 0.6 is 11.8 Å². The van der Waals surface area contributed by atoms with Gasteiger partial charge in [0.25, 0.3) is 5.91 Å². The fraction of sp³-hybridized carbons (Fsp3) is 0.0690. The largest absolute Gasteiger partial charge is 0.272 e. The van der Waals surface area contributed by atoms with E-state index in [1.807, 2.05) is 90.4 Å². The first-order valence-electron chi connectivity index (χ1n) is 11.7. The molecule has 0 atom stereocenters. The maximum Gasteiger partial charge on any atom is 0.250 e. The summed E-state index contributed by atoms with van der Waals surface area (Å²) in [6.07, 6.45) is 5.07. The molecule has 2 aromatic heterocycles. The molecule has 0 spiro atoms. The number of rotatable bonds is 8. The third kappa shape index (κ3) is 5.99.